The molecule has 0 spiro atoms. The number of rotatable bonds is 3. The van der Waals surface area contributed by atoms with Crippen molar-refractivity contribution in [2.24, 2.45) is 0 Å². The third-order valence-corrected chi connectivity index (χ3v) is 3.52. The van der Waals surface area contributed by atoms with E-state index in [1.807, 2.05) is 43.3 Å². The minimum absolute atomic E-state index is 0.522. The Hall–Kier alpha value is -2.33. The van der Waals surface area contributed by atoms with Gasteiger partial charge in [0.1, 0.15) is 5.75 Å². The van der Waals surface area contributed by atoms with Crippen molar-refractivity contribution in [3.63, 3.8) is 0 Å². The zero-order valence-electron chi connectivity index (χ0n) is 11.7. The van der Waals surface area contributed by atoms with E-state index in [0.717, 1.165) is 22.1 Å². The highest BCUT2D eigenvalue weighted by atomic mass is 35.5. The standard InChI is InChI=1S/C16H14ClN3O/c1-10-9-19-16(18-2)20-15(10)21-14-8-7-13(17)11-5-3-4-6-12(11)14/h3-9H,1-2H3,(H,18,19,20). The highest BCUT2D eigenvalue weighted by Gasteiger charge is 2.10. The van der Waals surface area contributed by atoms with Gasteiger partial charge < -0.3 is 10.1 Å². The van der Waals surface area contributed by atoms with Crippen molar-refractivity contribution in [3.05, 3.63) is 53.2 Å². The molecule has 0 aliphatic rings. The van der Waals surface area contributed by atoms with Crippen molar-refractivity contribution in [2.75, 3.05) is 12.4 Å². The first-order valence-electron chi connectivity index (χ1n) is 6.55. The number of nitrogens with zero attached hydrogens (tertiary/aromatic N) is 2. The van der Waals surface area contributed by atoms with Crippen molar-refractivity contribution in [1.82, 2.24) is 9.97 Å². The van der Waals surface area contributed by atoms with E-state index in [-0.39, 0.29) is 0 Å². The number of nitrogens with one attached hydrogen (secondary N) is 1. The van der Waals surface area contributed by atoms with Crippen LogP contribution in [0.3, 0.4) is 0 Å². The van der Waals surface area contributed by atoms with Gasteiger partial charge in [-0.25, -0.2) is 4.98 Å². The monoisotopic (exact) mass is 299 g/mol. The van der Waals surface area contributed by atoms with Gasteiger partial charge in [0.25, 0.3) is 0 Å². The molecular weight excluding hydrogens is 286 g/mol. The summed E-state index contributed by atoms with van der Waals surface area (Å²) in [6.07, 6.45) is 1.73. The SMILES string of the molecule is CNc1ncc(C)c(Oc2ccc(Cl)c3ccccc23)n1. The third-order valence-electron chi connectivity index (χ3n) is 3.19. The Balaban J connectivity index is 2.08. The molecule has 3 aromatic rings. The lowest BCUT2D eigenvalue weighted by Crippen LogP contribution is -2.00. The summed E-state index contributed by atoms with van der Waals surface area (Å²) in [6.45, 7) is 1.91. The Labute approximate surface area is 127 Å². The summed E-state index contributed by atoms with van der Waals surface area (Å²) in [6, 6.07) is 11.5. The number of ether oxygens (including phenoxy) is 1. The zero-order valence-corrected chi connectivity index (χ0v) is 12.5. The van der Waals surface area contributed by atoms with Crippen LogP contribution in [-0.4, -0.2) is 17.0 Å². The highest BCUT2D eigenvalue weighted by Crippen LogP contribution is 2.34. The van der Waals surface area contributed by atoms with Crippen LogP contribution in [0.5, 0.6) is 11.6 Å². The molecule has 0 atom stereocenters. The summed E-state index contributed by atoms with van der Waals surface area (Å²) in [7, 11) is 1.77. The number of benzene rings is 2. The molecule has 106 valence electrons. The molecule has 3 rings (SSSR count). The smallest absolute Gasteiger partial charge is 0.226 e. The number of hydrogen-bond acceptors (Lipinski definition) is 4. The molecule has 0 fully saturated rings. The zero-order chi connectivity index (χ0) is 14.8. The van der Waals surface area contributed by atoms with Gasteiger partial charge in [-0.05, 0) is 19.1 Å². The van der Waals surface area contributed by atoms with Crippen LogP contribution in [0.25, 0.3) is 10.8 Å². The lowest BCUT2D eigenvalue weighted by molar-refractivity contribution is 0.463. The second-order valence-electron chi connectivity index (χ2n) is 4.62. The number of fused-ring (bicyclic) bond motifs is 1. The van der Waals surface area contributed by atoms with Gasteiger partial charge in [0.05, 0.1) is 0 Å². The largest absolute Gasteiger partial charge is 0.438 e. The molecule has 1 N–H and O–H groups in total. The van der Waals surface area contributed by atoms with E-state index in [1.165, 1.54) is 0 Å². The first kappa shape index (κ1) is 13.6. The minimum atomic E-state index is 0.522. The van der Waals surface area contributed by atoms with Crippen LogP contribution < -0.4 is 10.1 Å². The Bertz CT molecular complexity index is 805. The topological polar surface area (TPSA) is 47.0 Å². The molecule has 2 aromatic carbocycles. The van der Waals surface area contributed by atoms with Crippen molar-refractivity contribution in [3.8, 4) is 11.6 Å². The summed E-state index contributed by atoms with van der Waals surface area (Å²) >= 11 is 6.22. The Morgan fingerprint density at radius 1 is 1.10 bits per heavy atom. The molecule has 0 saturated carbocycles. The lowest BCUT2D eigenvalue weighted by atomic mass is 10.1. The fourth-order valence-electron chi connectivity index (χ4n) is 2.08. The molecule has 21 heavy (non-hydrogen) atoms. The third kappa shape index (κ3) is 2.62. The molecule has 0 amide bonds. The van der Waals surface area contributed by atoms with Crippen LogP contribution in [-0.2, 0) is 0 Å². The predicted octanol–water partition coefficient (Wildman–Crippen LogP) is 4.43. The van der Waals surface area contributed by atoms with Gasteiger partial charge in [-0.1, -0.05) is 35.9 Å². The van der Waals surface area contributed by atoms with E-state index in [4.69, 9.17) is 16.3 Å². The van der Waals surface area contributed by atoms with Gasteiger partial charge in [0, 0.05) is 34.6 Å². The normalized spacial score (nSPS) is 10.6. The molecule has 0 aliphatic heterocycles. The average molecular weight is 300 g/mol. The summed E-state index contributed by atoms with van der Waals surface area (Å²) in [5.41, 5.74) is 0.869. The highest BCUT2D eigenvalue weighted by molar-refractivity contribution is 6.35. The van der Waals surface area contributed by atoms with Crippen molar-refractivity contribution in [2.45, 2.75) is 6.92 Å². The second-order valence-corrected chi connectivity index (χ2v) is 5.03. The van der Waals surface area contributed by atoms with Gasteiger partial charge in [-0.15, -0.1) is 0 Å². The number of halogens is 1. The molecule has 0 bridgehead atoms. The van der Waals surface area contributed by atoms with E-state index in [2.05, 4.69) is 15.3 Å². The van der Waals surface area contributed by atoms with Gasteiger partial charge in [-0.2, -0.15) is 4.98 Å². The van der Waals surface area contributed by atoms with Crippen molar-refractivity contribution >= 4 is 28.3 Å². The fourth-order valence-corrected chi connectivity index (χ4v) is 2.31. The Morgan fingerprint density at radius 3 is 2.62 bits per heavy atom. The number of hydrogen-bond donors (Lipinski definition) is 1. The number of anilines is 1. The van der Waals surface area contributed by atoms with Crippen LogP contribution in [0, 0.1) is 6.92 Å². The Morgan fingerprint density at radius 2 is 1.86 bits per heavy atom. The van der Waals surface area contributed by atoms with Crippen LogP contribution in [0.4, 0.5) is 5.95 Å². The van der Waals surface area contributed by atoms with Crippen molar-refractivity contribution < 1.29 is 4.74 Å². The molecule has 0 unspecified atom stereocenters. The molecule has 0 aliphatic carbocycles. The maximum atomic E-state index is 6.22. The maximum absolute atomic E-state index is 6.22. The molecule has 4 nitrogen and oxygen atoms in total. The van der Waals surface area contributed by atoms with Gasteiger partial charge in [-0.3, -0.25) is 0 Å². The maximum Gasteiger partial charge on any atom is 0.226 e. The molecule has 0 saturated heterocycles. The molecule has 0 radical (unpaired) electrons. The average Bonchev–Trinajstić information content (AvgIpc) is 2.52. The molecular formula is C16H14ClN3O. The first-order valence-corrected chi connectivity index (χ1v) is 6.93. The first-order chi connectivity index (χ1) is 10.2. The van der Waals surface area contributed by atoms with Crippen LogP contribution in [0.15, 0.2) is 42.6 Å². The number of aromatic nitrogens is 2. The molecule has 1 aromatic heterocycles. The van der Waals surface area contributed by atoms with Gasteiger partial charge >= 0.3 is 0 Å². The summed E-state index contributed by atoms with van der Waals surface area (Å²) in [4.78, 5) is 8.49. The summed E-state index contributed by atoms with van der Waals surface area (Å²) < 4.78 is 5.97. The van der Waals surface area contributed by atoms with Crippen molar-refractivity contribution in [1.29, 1.82) is 0 Å². The van der Waals surface area contributed by atoms with Crippen LogP contribution in [0.2, 0.25) is 5.02 Å². The second kappa shape index (κ2) is 5.58. The van der Waals surface area contributed by atoms with E-state index < -0.39 is 0 Å². The minimum Gasteiger partial charge on any atom is -0.438 e. The predicted molar refractivity (Wildman–Crippen MR) is 85.3 cm³/mol. The summed E-state index contributed by atoms with van der Waals surface area (Å²) in [5.74, 6) is 1.77. The van der Waals surface area contributed by atoms with Crippen LogP contribution >= 0.6 is 11.6 Å². The van der Waals surface area contributed by atoms with E-state index >= 15 is 0 Å². The lowest BCUT2D eigenvalue weighted by Gasteiger charge is -2.11. The van der Waals surface area contributed by atoms with Crippen LogP contribution in [0.1, 0.15) is 5.56 Å². The van der Waals surface area contributed by atoms with Gasteiger partial charge in [0.2, 0.25) is 11.8 Å². The summed E-state index contributed by atoms with van der Waals surface area (Å²) in [5, 5.41) is 5.51. The van der Waals surface area contributed by atoms with E-state index in [9.17, 15) is 0 Å². The molecule has 1 heterocycles. The quantitative estimate of drug-likeness (QED) is 0.777. The van der Waals surface area contributed by atoms with E-state index in [0.29, 0.717) is 16.9 Å². The fraction of sp³-hybridized carbons (Fsp3) is 0.125. The number of aryl methyl sites for hydroxylation is 1. The Kier molecular flexibility index (Phi) is 3.62. The van der Waals surface area contributed by atoms with E-state index in [1.54, 1.807) is 13.2 Å². The molecule has 5 heteroatoms. The van der Waals surface area contributed by atoms with Gasteiger partial charge in [0.15, 0.2) is 0 Å².